The van der Waals surface area contributed by atoms with E-state index in [1.54, 1.807) is 35.2 Å². The highest BCUT2D eigenvalue weighted by Gasteiger charge is 2.26. The first kappa shape index (κ1) is 18.6. The van der Waals surface area contributed by atoms with E-state index in [-0.39, 0.29) is 18.4 Å². The first-order valence-corrected chi connectivity index (χ1v) is 9.32. The Morgan fingerprint density at radius 2 is 1.72 bits per heavy atom. The summed E-state index contributed by atoms with van der Waals surface area (Å²) in [5.74, 6) is 0.979. The Balaban J connectivity index is 1.48. The zero-order valence-electron chi connectivity index (χ0n) is 15.7. The topological polar surface area (TPSA) is 67.9 Å². The van der Waals surface area contributed by atoms with E-state index < -0.39 is 0 Å². The van der Waals surface area contributed by atoms with Gasteiger partial charge in [-0.15, -0.1) is 0 Å². The van der Waals surface area contributed by atoms with Gasteiger partial charge in [0.15, 0.2) is 6.61 Å². The highest BCUT2D eigenvalue weighted by atomic mass is 16.5. The smallest absolute Gasteiger partial charge is 0.265 e. The van der Waals surface area contributed by atoms with Crippen LogP contribution in [0.3, 0.4) is 0 Å². The Bertz CT molecular complexity index is 1010. The number of nitrogens with zero attached hydrogens (tertiary/aromatic N) is 1. The van der Waals surface area contributed by atoms with Crippen LogP contribution in [0.5, 0.6) is 11.5 Å². The highest BCUT2D eigenvalue weighted by Crippen LogP contribution is 2.34. The third-order valence-corrected chi connectivity index (χ3v) is 4.52. The maximum atomic E-state index is 12.4. The van der Waals surface area contributed by atoms with E-state index in [4.69, 9.17) is 9.47 Å². The predicted octanol–water partition coefficient (Wildman–Crippen LogP) is 3.74. The van der Waals surface area contributed by atoms with E-state index in [1.807, 2.05) is 48.5 Å². The Labute approximate surface area is 168 Å². The van der Waals surface area contributed by atoms with Crippen LogP contribution in [0.1, 0.15) is 10.4 Å². The van der Waals surface area contributed by atoms with Crippen LogP contribution in [0.15, 0.2) is 78.9 Å². The van der Waals surface area contributed by atoms with Gasteiger partial charge >= 0.3 is 0 Å². The number of nitrogens with one attached hydrogen (secondary N) is 1. The number of amides is 2. The van der Waals surface area contributed by atoms with E-state index in [9.17, 15) is 9.59 Å². The zero-order valence-corrected chi connectivity index (χ0v) is 15.7. The Morgan fingerprint density at radius 1 is 1.00 bits per heavy atom. The van der Waals surface area contributed by atoms with Crippen molar-refractivity contribution in [3.8, 4) is 11.5 Å². The van der Waals surface area contributed by atoms with Crippen molar-refractivity contribution in [2.24, 2.45) is 0 Å². The highest BCUT2D eigenvalue weighted by molar-refractivity contribution is 6.05. The molecule has 6 nitrogen and oxygen atoms in total. The standard InChI is InChI=1S/C23H20N2O4/c26-22-16-29-21-12-11-18(24-23(27)17-7-3-1-4-8-17)15-20(21)25(22)13-14-28-19-9-5-2-6-10-19/h1-12,15H,13-14,16H2,(H,24,27). The SMILES string of the molecule is O=C(Nc1ccc2c(c1)N(CCOc1ccccc1)C(=O)CO2)c1ccccc1. The fraction of sp³-hybridized carbons (Fsp3) is 0.130. The van der Waals surface area contributed by atoms with E-state index in [2.05, 4.69) is 5.32 Å². The van der Waals surface area contributed by atoms with E-state index in [0.717, 1.165) is 5.75 Å². The van der Waals surface area contributed by atoms with Gasteiger partial charge in [-0.2, -0.15) is 0 Å². The number of carbonyl (C=O) groups is 2. The number of para-hydroxylation sites is 1. The molecule has 6 heteroatoms. The van der Waals surface area contributed by atoms with Gasteiger partial charge in [-0.3, -0.25) is 9.59 Å². The number of ether oxygens (including phenoxy) is 2. The number of benzene rings is 3. The molecule has 1 aliphatic rings. The van der Waals surface area contributed by atoms with Crippen molar-refractivity contribution >= 4 is 23.2 Å². The van der Waals surface area contributed by atoms with Gasteiger partial charge in [-0.05, 0) is 42.5 Å². The van der Waals surface area contributed by atoms with Crippen molar-refractivity contribution in [1.82, 2.24) is 0 Å². The van der Waals surface area contributed by atoms with Gasteiger partial charge in [0.2, 0.25) is 0 Å². The maximum Gasteiger partial charge on any atom is 0.265 e. The minimum atomic E-state index is -0.215. The molecule has 1 heterocycles. The summed E-state index contributed by atoms with van der Waals surface area (Å²) in [5, 5.41) is 2.86. The molecule has 0 spiro atoms. The number of carbonyl (C=O) groups excluding carboxylic acids is 2. The molecule has 0 bridgehead atoms. The Hall–Kier alpha value is -3.80. The molecule has 0 saturated heterocycles. The third kappa shape index (κ3) is 4.38. The monoisotopic (exact) mass is 388 g/mol. The van der Waals surface area contributed by atoms with Crippen molar-refractivity contribution in [2.75, 3.05) is 30.0 Å². The molecule has 1 N–H and O–H groups in total. The van der Waals surface area contributed by atoms with Gasteiger partial charge in [-0.25, -0.2) is 0 Å². The summed E-state index contributed by atoms with van der Waals surface area (Å²) >= 11 is 0. The number of anilines is 2. The zero-order chi connectivity index (χ0) is 20.1. The molecular weight excluding hydrogens is 368 g/mol. The lowest BCUT2D eigenvalue weighted by Gasteiger charge is -2.29. The summed E-state index contributed by atoms with van der Waals surface area (Å²) in [6, 6.07) is 23.7. The van der Waals surface area contributed by atoms with Crippen molar-refractivity contribution in [3.05, 3.63) is 84.4 Å². The van der Waals surface area contributed by atoms with Crippen molar-refractivity contribution in [1.29, 1.82) is 0 Å². The molecule has 1 aliphatic heterocycles. The lowest BCUT2D eigenvalue weighted by atomic mass is 10.2. The molecule has 0 radical (unpaired) electrons. The first-order chi connectivity index (χ1) is 14.2. The fourth-order valence-electron chi connectivity index (χ4n) is 3.09. The molecule has 0 saturated carbocycles. The third-order valence-electron chi connectivity index (χ3n) is 4.52. The van der Waals surface area contributed by atoms with Crippen LogP contribution in [0, 0.1) is 0 Å². The molecule has 29 heavy (non-hydrogen) atoms. The predicted molar refractivity (Wildman–Crippen MR) is 111 cm³/mol. The average Bonchev–Trinajstić information content (AvgIpc) is 2.76. The van der Waals surface area contributed by atoms with Gasteiger partial charge in [0.25, 0.3) is 11.8 Å². The minimum absolute atomic E-state index is 0.0198. The van der Waals surface area contributed by atoms with Crippen LogP contribution in [0.2, 0.25) is 0 Å². The van der Waals surface area contributed by atoms with Crippen LogP contribution in [0.4, 0.5) is 11.4 Å². The Kier molecular flexibility index (Phi) is 5.42. The normalized spacial score (nSPS) is 12.7. The summed E-state index contributed by atoms with van der Waals surface area (Å²) in [4.78, 5) is 26.5. The van der Waals surface area contributed by atoms with Crippen LogP contribution in [-0.2, 0) is 4.79 Å². The van der Waals surface area contributed by atoms with Crippen LogP contribution in [0.25, 0.3) is 0 Å². The number of fused-ring (bicyclic) bond motifs is 1. The molecule has 3 aromatic rings. The molecule has 0 unspecified atom stereocenters. The summed E-state index contributed by atoms with van der Waals surface area (Å²) in [7, 11) is 0. The molecule has 0 aliphatic carbocycles. The van der Waals surface area contributed by atoms with Crippen molar-refractivity contribution in [3.63, 3.8) is 0 Å². The molecule has 0 aromatic heterocycles. The van der Waals surface area contributed by atoms with Crippen LogP contribution < -0.4 is 19.7 Å². The second-order valence-electron chi connectivity index (χ2n) is 6.50. The Morgan fingerprint density at radius 3 is 2.48 bits per heavy atom. The molecule has 4 rings (SSSR count). The number of hydrogen-bond acceptors (Lipinski definition) is 4. The van der Waals surface area contributed by atoms with Gasteiger partial charge in [0.05, 0.1) is 12.2 Å². The maximum absolute atomic E-state index is 12.4. The summed E-state index contributed by atoms with van der Waals surface area (Å²) < 4.78 is 11.3. The first-order valence-electron chi connectivity index (χ1n) is 9.32. The second kappa shape index (κ2) is 8.48. The van der Waals surface area contributed by atoms with Crippen molar-refractivity contribution < 1.29 is 19.1 Å². The minimum Gasteiger partial charge on any atom is -0.492 e. The molecular formula is C23H20N2O4. The molecule has 3 aromatic carbocycles. The van der Waals surface area contributed by atoms with Gasteiger partial charge in [0.1, 0.15) is 18.1 Å². The van der Waals surface area contributed by atoms with E-state index in [1.165, 1.54) is 0 Å². The summed E-state index contributed by atoms with van der Waals surface area (Å²) in [5.41, 5.74) is 1.76. The van der Waals surface area contributed by atoms with E-state index >= 15 is 0 Å². The molecule has 146 valence electrons. The van der Waals surface area contributed by atoms with Crippen LogP contribution in [-0.4, -0.2) is 31.6 Å². The number of hydrogen-bond donors (Lipinski definition) is 1. The number of rotatable bonds is 6. The van der Waals surface area contributed by atoms with E-state index in [0.29, 0.717) is 35.8 Å². The molecule has 0 atom stereocenters. The quantitative estimate of drug-likeness (QED) is 0.698. The average molecular weight is 388 g/mol. The summed E-state index contributed by atoms with van der Waals surface area (Å²) in [6.45, 7) is 0.698. The second-order valence-corrected chi connectivity index (χ2v) is 6.50. The fourth-order valence-corrected chi connectivity index (χ4v) is 3.09. The van der Waals surface area contributed by atoms with Gasteiger partial charge < -0.3 is 19.7 Å². The largest absolute Gasteiger partial charge is 0.492 e. The van der Waals surface area contributed by atoms with Crippen molar-refractivity contribution in [2.45, 2.75) is 0 Å². The van der Waals surface area contributed by atoms with Gasteiger partial charge in [-0.1, -0.05) is 36.4 Å². The van der Waals surface area contributed by atoms with Gasteiger partial charge in [0, 0.05) is 11.3 Å². The molecule has 2 amide bonds. The lowest BCUT2D eigenvalue weighted by molar-refractivity contribution is -0.121. The molecule has 0 fully saturated rings. The summed E-state index contributed by atoms with van der Waals surface area (Å²) in [6.07, 6.45) is 0. The van der Waals surface area contributed by atoms with Crippen LogP contribution >= 0.6 is 0 Å². The lowest BCUT2D eigenvalue weighted by Crippen LogP contribution is -2.41.